The molecule has 2 aliphatic heterocycles. The number of epoxide rings is 2. The van der Waals surface area contributed by atoms with E-state index in [4.69, 9.17) is 19.3 Å². The van der Waals surface area contributed by atoms with Crippen LogP contribution >= 0.6 is 15.6 Å². The molecule has 100 valence electrons. The van der Waals surface area contributed by atoms with Crippen molar-refractivity contribution in [2.45, 2.75) is 12.2 Å². The van der Waals surface area contributed by atoms with Crippen LogP contribution in [-0.4, -0.2) is 48.4 Å². The Morgan fingerprint density at radius 1 is 1.00 bits per heavy atom. The maximum absolute atomic E-state index is 11.2. The van der Waals surface area contributed by atoms with Crippen molar-refractivity contribution in [3.05, 3.63) is 0 Å². The van der Waals surface area contributed by atoms with E-state index < -0.39 is 15.6 Å². The zero-order valence-electron chi connectivity index (χ0n) is 8.63. The van der Waals surface area contributed by atoms with Crippen molar-refractivity contribution >= 4 is 15.6 Å². The lowest BCUT2D eigenvalue weighted by Crippen LogP contribution is -2.04. The van der Waals surface area contributed by atoms with Crippen LogP contribution in [0.3, 0.4) is 0 Å². The van der Waals surface area contributed by atoms with Crippen LogP contribution in [0.15, 0.2) is 0 Å². The fourth-order valence-corrected chi connectivity index (χ4v) is 2.99. The molecular weight excluding hydrogens is 278 g/mol. The van der Waals surface area contributed by atoms with Gasteiger partial charge < -0.3 is 19.3 Å². The van der Waals surface area contributed by atoms with Crippen LogP contribution in [0.1, 0.15) is 0 Å². The third kappa shape index (κ3) is 5.56. The van der Waals surface area contributed by atoms with E-state index in [-0.39, 0.29) is 25.4 Å². The summed E-state index contributed by atoms with van der Waals surface area (Å²) in [5.74, 6) is 0. The van der Waals surface area contributed by atoms with Gasteiger partial charge in [0.05, 0.1) is 26.4 Å². The lowest BCUT2D eigenvalue weighted by molar-refractivity contribution is 0.142. The van der Waals surface area contributed by atoms with Gasteiger partial charge in [0.1, 0.15) is 12.2 Å². The molecule has 17 heavy (non-hydrogen) atoms. The van der Waals surface area contributed by atoms with E-state index >= 15 is 0 Å². The van der Waals surface area contributed by atoms with Crippen molar-refractivity contribution in [1.82, 2.24) is 0 Å². The molecule has 2 fully saturated rings. The van der Waals surface area contributed by atoms with Gasteiger partial charge in [-0.3, -0.25) is 9.05 Å². The molecule has 0 aromatic carbocycles. The molecule has 4 unspecified atom stereocenters. The van der Waals surface area contributed by atoms with Crippen LogP contribution in [0.4, 0.5) is 0 Å². The third-order valence-corrected chi connectivity index (χ3v) is 4.46. The van der Waals surface area contributed by atoms with Gasteiger partial charge in [-0.05, 0) is 0 Å². The highest BCUT2D eigenvalue weighted by atomic mass is 31.3. The topological polar surface area (TPSA) is 127 Å². The quantitative estimate of drug-likeness (QED) is 0.470. The molecule has 2 heterocycles. The molecule has 0 aromatic rings. The van der Waals surface area contributed by atoms with E-state index in [1.54, 1.807) is 0 Å². The summed E-state index contributed by atoms with van der Waals surface area (Å²) in [5, 5.41) is 0. The second-order valence-corrected chi connectivity index (χ2v) is 6.56. The first kappa shape index (κ1) is 13.6. The number of hydrogen-bond donors (Lipinski definition) is 2. The first-order valence-corrected chi connectivity index (χ1v) is 7.75. The Balaban J connectivity index is 1.74. The predicted octanol–water partition coefficient (Wildman–Crippen LogP) is 0.0346. The molecule has 2 saturated heterocycles. The molecule has 0 saturated carbocycles. The third-order valence-electron chi connectivity index (χ3n) is 1.86. The van der Waals surface area contributed by atoms with Gasteiger partial charge in [-0.2, -0.15) is 4.31 Å². The fourth-order valence-electron chi connectivity index (χ4n) is 0.861. The summed E-state index contributed by atoms with van der Waals surface area (Å²) in [7, 11) is -9.25. The van der Waals surface area contributed by atoms with Gasteiger partial charge in [0, 0.05) is 0 Å². The van der Waals surface area contributed by atoms with Crippen molar-refractivity contribution in [1.29, 1.82) is 0 Å². The second-order valence-electron chi connectivity index (χ2n) is 3.52. The Morgan fingerprint density at radius 2 is 1.35 bits per heavy atom. The van der Waals surface area contributed by atoms with Gasteiger partial charge in [-0.25, -0.2) is 9.13 Å². The molecule has 2 N–H and O–H groups in total. The fraction of sp³-hybridized carbons (Fsp3) is 1.00. The van der Waals surface area contributed by atoms with Crippen molar-refractivity contribution in [2.75, 3.05) is 26.4 Å². The van der Waals surface area contributed by atoms with E-state index in [2.05, 4.69) is 13.4 Å². The van der Waals surface area contributed by atoms with Crippen molar-refractivity contribution in [3.63, 3.8) is 0 Å². The standard InChI is InChI=1S/C6H12O9P2/c7-16(8,13-3-5-1-11-5)15-17(9,10)14-4-6-2-12-6/h5-6H,1-4H2,(H,7,8)(H,9,10). The zero-order chi connectivity index (χ0) is 12.5. The van der Waals surface area contributed by atoms with Gasteiger partial charge in [-0.15, -0.1) is 0 Å². The lowest BCUT2D eigenvalue weighted by Gasteiger charge is -2.15. The minimum absolute atomic E-state index is 0.181. The molecule has 0 radical (unpaired) electrons. The number of hydrogen-bond acceptors (Lipinski definition) is 7. The Bertz CT molecular complexity index is 328. The maximum atomic E-state index is 11.2. The molecule has 0 bridgehead atoms. The smallest absolute Gasteiger partial charge is 0.371 e. The molecule has 4 atom stereocenters. The summed E-state index contributed by atoms with van der Waals surface area (Å²) in [6.45, 7) is 0.484. The molecule has 2 rings (SSSR count). The number of phosphoric acid groups is 2. The number of ether oxygens (including phenoxy) is 2. The maximum Gasteiger partial charge on any atom is 0.481 e. The summed E-state index contributed by atoms with van der Waals surface area (Å²) in [6.07, 6.45) is -0.532. The summed E-state index contributed by atoms with van der Waals surface area (Å²) >= 11 is 0. The van der Waals surface area contributed by atoms with Crippen molar-refractivity contribution in [2.24, 2.45) is 0 Å². The van der Waals surface area contributed by atoms with Crippen LogP contribution in [0.5, 0.6) is 0 Å². The minimum Gasteiger partial charge on any atom is -0.371 e. The van der Waals surface area contributed by atoms with Crippen LogP contribution in [0.25, 0.3) is 0 Å². The highest BCUT2D eigenvalue weighted by Gasteiger charge is 2.38. The Hall–Kier alpha value is 0.180. The average Bonchev–Trinajstić information content (AvgIpc) is 3.05. The van der Waals surface area contributed by atoms with Crippen LogP contribution < -0.4 is 0 Å². The van der Waals surface area contributed by atoms with Gasteiger partial charge in [-0.1, -0.05) is 0 Å². The van der Waals surface area contributed by atoms with Crippen molar-refractivity contribution < 1.29 is 41.7 Å². The minimum atomic E-state index is -4.63. The van der Waals surface area contributed by atoms with Gasteiger partial charge >= 0.3 is 15.6 Å². The average molecular weight is 290 g/mol. The summed E-state index contributed by atoms with van der Waals surface area (Å²) in [5.41, 5.74) is 0. The highest BCUT2D eigenvalue weighted by molar-refractivity contribution is 7.61. The summed E-state index contributed by atoms with van der Waals surface area (Å²) in [6, 6.07) is 0. The van der Waals surface area contributed by atoms with E-state index in [9.17, 15) is 9.13 Å². The number of phosphoric ester groups is 2. The monoisotopic (exact) mass is 290 g/mol. The van der Waals surface area contributed by atoms with E-state index in [1.165, 1.54) is 0 Å². The second kappa shape index (κ2) is 5.05. The van der Waals surface area contributed by atoms with Crippen molar-refractivity contribution in [3.8, 4) is 0 Å². The molecule has 0 amide bonds. The van der Waals surface area contributed by atoms with Gasteiger partial charge in [0.2, 0.25) is 0 Å². The van der Waals surface area contributed by atoms with Crippen LogP contribution in [0.2, 0.25) is 0 Å². The van der Waals surface area contributed by atoms with Gasteiger partial charge in [0.15, 0.2) is 0 Å². The van der Waals surface area contributed by atoms with Gasteiger partial charge in [0.25, 0.3) is 0 Å². The largest absolute Gasteiger partial charge is 0.481 e. The number of rotatable bonds is 8. The van der Waals surface area contributed by atoms with E-state index in [1.807, 2.05) is 0 Å². The lowest BCUT2D eigenvalue weighted by atomic mass is 10.5. The molecule has 2 aliphatic rings. The molecular formula is C6H12O9P2. The first-order valence-electron chi connectivity index (χ1n) is 4.75. The molecule has 9 nitrogen and oxygen atoms in total. The normalized spacial score (nSPS) is 33.8. The van der Waals surface area contributed by atoms with E-state index in [0.717, 1.165) is 0 Å². The molecule has 0 aliphatic carbocycles. The SMILES string of the molecule is O=P(O)(OCC1CO1)OP(=O)(O)OCC1CO1. The zero-order valence-corrected chi connectivity index (χ0v) is 10.4. The molecule has 0 aromatic heterocycles. The highest BCUT2D eigenvalue weighted by Crippen LogP contribution is 2.60. The summed E-state index contributed by atoms with van der Waals surface area (Å²) in [4.78, 5) is 18.2. The Labute approximate surface area is 96.8 Å². The predicted molar refractivity (Wildman–Crippen MR) is 52.1 cm³/mol. The molecule has 0 spiro atoms. The summed E-state index contributed by atoms with van der Waals surface area (Å²) < 4.78 is 44.8. The first-order chi connectivity index (χ1) is 7.86. The Kier molecular flexibility index (Phi) is 4.04. The van der Waals surface area contributed by atoms with Crippen LogP contribution in [-0.2, 0) is 32.0 Å². The Morgan fingerprint density at radius 3 is 1.65 bits per heavy atom. The van der Waals surface area contributed by atoms with Crippen LogP contribution in [0, 0.1) is 0 Å². The molecule has 11 heteroatoms. The van der Waals surface area contributed by atoms with E-state index in [0.29, 0.717) is 13.2 Å².